The van der Waals surface area contributed by atoms with E-state index >= 15 is 0 Å². The number of hydrogen-bond acceptors (Lipinski definition) is 5. The molecule has 2 heterocycles. The first-order chi connectivity index (χ1) is 12.4. The number of nitrogens with one attached hydrogen (secondary N) is 2. The zero-order valence-electron chi connectivity index (χ0n) is 16.4. The Labute approximate surface area is 159 Å². The second-order valence-corrected chi connectivity index (χ2v) is 7.82. The maximum atomic E-state index is 5.11. The van der Waals surface area contributed by atoms with Crippen molar-refractivity contribution in [1.82, 2.24) is 25.4 Å². The van der Waals surface area contributed by atoms with Crippen molar-refractivity contribution in [2.75, 3.05) is 26.8 Å². The average Bonchev–Trinajstić information content (AvgIpc) is 3.26. The first-order valence-corrected chi connectivity index (χ1v) is 9.72. The van der Waals surface area contributed by atoms with Gasteiger partial charge in [-0.2, -0.15) is 0 Å². The van der Waals surface area contributed by atoms with E-state index in [0.29, 0.717) is 6.54 Å². The summed E-state index contributed by atoms with van der Waals surface area (Å²) in [6.07, 6.45) is 0.925. The second kappa shape index (κ2) is 9.68. The maximum absolute atomic E-state index is 5.11. The highest BCUT2D eigenvalue weighted by molar-refractivity contribution is 7.10. The quantitative estimate of drug-likeness (QED) is 0.398. The van der Waals surface area contributed by atoms with Crippen molar-refractivity contribution in [2.45, 2.75) is 39.2 Å². The Morgan fingerprint density at radius 1 is 1.35 bits per heavy atom. The number of nitrogens with zero attached hydrogens (tertiary/aromatic N) is 4. The third kappa shape index (κ3) is 5.81. The Bertz CT molecular complexity index is 693. The number of guanidine groups is 1. The topological polar surface area (TPSA) is 76.4 Å². The largest absolute Gasteiger partial charge is 0.385 e. The van der Waals surface area contributed by atoms with Crippen LogP contribution in [-0.2, 0) is 23.7 Å². The molecular formula is C18H30N6OS. The molecule has 26 heavy (non-hydrogen) atoms. The highest BCUT2D eigenvalue weighted by atomic mass is 32.1. The van der Waals surface area contributed by atoms with E-state index in [9.17, 15) is 0 Å². The molecule has 7 nitrogen and oxygen atoms in total. The molecule has 0 aliphatic carbocycles. The van der Waals surface area contributed by atoms with Crippen molar-refractivity contribution in [2.24, 2.45) is 12.0 Å². The van der Waals surface area contributed by atoms with Crippen molar-refractivity contribution in [3.63, 3.8) is 0 Å². The fraction of sp³-hybridized carbons (Fsp3) is 0.611. The molecule has 0 saturated carbocycles. The van der Waals surface area contributed by atoms with E-state index in [-0.39, 0.29) is 5.41 Å². The van der Waals surface area contributed by atoms with Gasteiger partial charge < -0.3 is 19.9 Å². The summed E-state index contributed by atoms with van der Waals surface area (Å²) in [7, 11) is 3.67. The van der Waals surface area contributed by atoms with E-state index in [2.05, 4.69) is 57.2 Å². The molecule has 0 atom stereocenters. The van der Waals surface area contributed by atoms with Gasteiger partial charge in [0.1, 0.15) is 12.4 Å². The first kappa shape index (κ1) is 20.4. The summed E-state index contributed by atoms with van der Waals surface area (Å²) in [6, 6.07) is 4.27. The number of aliphatic imine (C=N–C) groups is 1. The number of rotatable bonds is 9. The molecule has 0 aliphatic heterocycles. The average molecular weight is 379 g/mol. The van der Waals surface area contributed by atoms with Crippen LogP contribution in [0.15, 0.2) is 22.5 Å². The zero-order valence-corrected chi connectivity index (χ0v) is 17.2. The van der Waals surface area contributed by atoms with Gasteiger partial charge in [0.05, 0.1) is 0 Å². The molecule has 0 unspecified atom stereocenters. The highest BCUT2D eigenvalue weighted by Crippen LogP contribution is 2.26. The van der Waals surface area contributed by atoms with Gasteiger partial charge in [-0.25, -0.2) is 4.99 Å². The van der Waals surface area contributed by atoms with Gasteiger partial charge in [-0.1, -0.05) is 19.9 Å². The number of hydrogen-bond donors (Lipinski definition) is 2. The molecule has 0 saturated heterocycles. The standard InChI is InChI=1S/C18H30N6OS/c1-14-22-23-16(24(14)4)12-20-17(19-9-7-10-25-5)21-13-18(2,3)15-8-6-11-26-15/h6,8,11H,7,9-10,12-13H2,1-5H3,(H2,19,20,21). The minimum atomic E-state index is 0.0323. The van der Waals surface area contributed by atoms with Gasteiger partial charge in [0.15, 0.2) is 11.8 Å². The Hall–Kier alpha value is -1.93. The Morgan fingerprint density at radius 3 is 2.77 bits per heavy atom. The number of ether oxygens (including phenoxy) is 1. The molecule has 0 aromatic carbocycles. The number of thiophene rings is 1. The third-order valence-electron chi connectivity index (χ3n) is 4.26. The summed E-state index contributed by atoms with van der Waals surface area (Å²) in [4.78, 5) is 6.04. The van der Waals surface area contributed by atoms with Crippen LogP contribution in [0, 0.1) is 6.92 Å². The molecule has 0 spiro atoms. The Kier molecular flexibility index (Phi) is 7.59. The summed E-state index contributed by atoms with van der Waals surface area (Å²) >= 11 is 1.78. The molecule has 8 heteroatoms. The molecule has 0 fully saturated rings. The normalized spacial score (nSPS) is 12.4. The summed E-state index contributed by atoms with van der Waals surface area (Å²) in [5, 5.41) is 17.2. The van der Waals surface area contributed by atoms with E-state index < -0.39 is 0 Å². The van der Waals surface area contributed by atoms with Crippen LogP contribution >= 0.6 is 11.3 Å². The van der Waals surface area contributed by atoms with Crippen molar-refractivity contribution in [1.29, 1.82) is 0 Å². The van der Waals surface area contributed by atoms with Gasteiger partial charge >= 0.3 is 0 Å². The monoisotopic (exact) mass is 378 g/mol. The van der Waals surface area contributed by atoms with E-state index in [4.69, 9.17) is 4.74 Å². The molecule has 2 rings (SSSR count). The summed E-state index contributed by atoms with van der Waals surface area (Å²) < 4.78 is 7.07. The molecule has 144 valence electrons. The SMILES string of the molecule is COCCCNC(=NCc1nnc(C)n1C)NCC(C)(C)c1cccs1. The van der Waals surface area contributed by atoms with Crippen LogP contribution in [0.5, 0.6) is 0 Å². The van der Waals surface area contributed by atoms with Crippen LogP contribution in [0.2, 0.25) is 0 Å². The molecular weight excluding hydrogens is 348 g/mol. The molecule has 0 bridgehead atoms. The Morgan fingerprint density at radius 2 is 2.15 bits per heavy atom. The van der Waals surface area contributed by atoms with Crippen LogP contribution in [0.25, 0.3) is 0 Å². The minimum absolute atomic E-state index is 0.0323. The van der Waals surface area contributed by atoms with Gasteiger partial charge in [-0.15, -0.1) is 21.5 Å². The molecule has 2 N–H and O–H groups in total. The van der Waals surface area contributed by atoms with Crippen LogP contribution in [0.1, 0.15) is 36.8 Å². The lowest BCUT2D eigenvalue weighted by Crippen LogP contribution is -2.43. The number of methoxy groups -OCH3 is 1. The minimum Gasteiger partial charge on any atom is -0.385 e. The first-order valence-electron chi connectivity index (χ1n) is 8.84. The van der Waals surface area contributed by atoms with Crippen molar-refractivity contribution in [3.05, 3.63) is 34.0 Å². The summed E-state index contributed by atoms with van der Waals surface area (Å²) in [6.45, 7) is 9.21. The molecule has 2 aromatic heterocycles. The number of aryl methyl sites for hydroxylation is 1. The second-order valence-electron chi connectivity index (χ2n) is 6.88. The van der Waals surface area contributed by atoms with Crippen LogP contribution in [0.3, 0.4) is 0 Å². The smallest absolute Gasteiger partial charge is 0.191 e. The van der Waals surface area contributed by atoms with E-state index in [1.54, 1.807) is 18.4 Å². The predicted octanol–water partition coefficient (Wildman–Crippen LogP) is 2.23. The lowest BCUT2D eigenvalue weighted by atomic mass is 9.91. The summed E-state index contributed by atoms with van der Waals surface area (Å²) in [5.74, 6) is 2.51. The van der Waals surface area contributed by atoms with Crippen LogP contribution < -0.4 is 10.6 Å². The fourth-order valence-corrected chi connectivity index (χ4v) is 3.24. The fourth-order valence-electron chi connectivity index (χ4n) is 2.39. The third-order valence-corrected chi connectivity index (χ3v) is 5.50. The van der Waals surface area contributed by atoms with E-state index in [0.717, 1.165) is 43.7 Å². The lowest BCUT2D eigenvalue weighted by Gasteiger charge is -2.25. The van der Waals surface area contributed by atoms with E-state index in [1.165, 1.54) is 4.88 Å². The molecule has 0 aliphatic rings. The van der Waals surface area contributed by atoms with Gasteiger partial charge in [0, 0.05) is 44.1 Å². The highest BCUT2D eigenvalue weighted by Gasteiger charge is 2.22. The van der Waals surface area contributed by atoms with Crippen LogP contribution in [-0.4, -0.2) is 47.5 Å². The molecule has 2 aromatic rings. The van der Waals surface area contributed by atoms with Crippen molar-refractivity contribution < 1.29 is 4.74 Å². The lowest BCUT2D eigenvalue weighted by molar-refractivity contribution is 0.195. The van der Waals surface area contributed by atoms with E-state index in [1.807, 2.05) is 18.5 Å². The zero-order chi connectivity index (χ0) is 19.0. The van der Waals surface area contributed by atoms with Crippen LogP contribution in [0.4, 0.5) is 0 Å². The maximum Gasteiger partial charge on any atom is 0.191 e. The van der Waals surface area contributed by atoms with Gasteiger partial charge in [0.25, 0.3) is 0 Å². The van der Waals surface area contributed by atoms with Crippen molar-refractivity contribution in [3.8, 4) is 0 Å². The van der Waals surface area contributed by atoms with Gasteiger partial charge in [-0.05, 0) is 24.8 Å². The summed E-state index contributed by atoms with van der Waals surface area (Å²) in [5.41, 5.74) is 0.0323. The number of aromatic nitrogens is 3. The van der Waals surface area contributed by atoms with Crippen molar-refractivity contribution >= 4 is 17.3 Å². The molecule has 0 radical (unpaired) electrons. The van der Waals surface area contributed by atoms with Gasteiger partial charge in [-0.3, -0.25) is 0 Å². The molecule has 0 amide bonds. The predicted molar refractivity (Wildman–Crippen MR) is 107 cm³/mol. The Balaban J connectivity index is 2.00. The van der Waals surface area contributed by atoms with Gasteiger partial charge in [0.2, 0.25) is 0 Å².